The van der Waals surface area contributed by atoms with Crippen LogP contribution in [0.5, 0.6) is 0 Å². The standard InChI is InChI=1S/C15H22ClN3O/c1-2-7-17-14-10-12(9-13(16)19-14)15(20)18-8-3-4-11-5-6-11/h9-11H,2-8H2,1H3,(H,17,19)(H,18,20). The second-order valence-electron chi connectivity index (χ2n) is 5.33. The van der Waals surface area contributed by atoms with Gasteiger partial charge in [0.25, 0.3) is 5.91 Å². The van der Waals surface area contributed by atoms with Crippen LogP contribution in [0.4, 0.5) is 5.82 Å². The minimum absolute atomic E-state index is 0.0790. The van der Waals surface area contributed by atoms with Gasteiger partial charge in [0.15, 0.2) is 0 Å². The molecule has 5 heteroatoms. The third-order valence-corrected chi connectivity index (χ3v) is 3.58. The van der Waals surface area contributed by atoms with Crippen molar-refractivity contribution in [3.8, 4) is 0 Å². The molecule has 1 aliphatic rings. The van der Waals surface area contributed by atoms with Crippen molar-refractivity contribution in [3.63, 3.8) is 0 Å². The van der Waals surface area contributed by atoms with E-state index >= 15 is 0 Å². The Morgan fingerprint density at radius 1 is 1.40 bits per heavy atom. The van der Waals surface area contributed by atoms with Crippen LogP contribution in [-0.2, 0) is 0 Å². The molecule has 1 saturated carbocycles. The minimum atomic E-state index is -0.0790. The first-order chi connectivity index (χ1) is 9.69. The summed E-state index contributed by atoms with van der Waals surface area (Å²) >= 11 is 5.95. The molecule has 1 amide bonds. The number of aromatic nitrogens is 1. The van der Waals surface area contributed by atoms with Crippen LogP contribution in [0, 0.1) is 5.92 Å². The number of rotatable bonds is 8. The van der Waals surface area contributed by atoms with Crippen molar-refractivity contribution in [2.24, 2.45) is 5.92 Å². The van der Waals surface area contributed by atoms with Gasteiger partial charge in [0, 0.05) is 18.7 Å². The molecule has 0 bridgehead atoms. The molecule has 1 heterocycles. The van der Waals surface area contributed by atoms with E-state index in [4.69, 9.17) is 11.6 Å². The van der Waals surface area contributed by atoms with Crippen LogP contribution in [-0.4, -0.2) is 24.0 Å². The fourth-order valence-electron chi connectivity index (χ4n) is 2.07. The van der Waals surface area contributed by atoms with E-state index in [0.29, 0.717) is 16.5 Å². The maximum Gasteiger partial charge on any atom is 0.251 e. The number of nitrogens with one attached hydrogen (secondary N) is 2. The zero-order valence-corrected chi connectivity index (χ0v) is 12.7. The Bertz CT molecular complexity index is 460. The Balaban J connectivity index is 1.84. The van der Waals surface area contributed by atoms with Crippen LogP contribution in [0.15, 0.2) is 12.1 Å². The van der Waals surface area contributed by atoms with Crippen LogP contribution >= 0.6 is 11.6 Å². The Morgan fingerprint density at radius 2 is 2.20 bits per heavy atom. The van der Waals surface area contributed by atoms with Gasteiger partial charge < -0.3 is 10.6 Å². The van der Waals surface area contributed by atoms with Gasteiger partial charge in [0.2, 0.25) is 0 Å². The largest absolute Gasteiger partial charge is 0.370 e. The zero-order valence-electron chi connectivity index (χ0n) is 11.9. The van der Waals surface area contributed by atoms with Gasteiger partial charge in [-0.2, -0.15) is 0 Å². The summed E-state index contributed by atoms with van der Waals surface area (Å²) in [5.41, 5.74) is 0.565. The summed E-state index contributed by atoms with van der Waals surface area (Å²) in [5, 5.41) is 6.43. The lowest BCUT2D eigenvalue weighted by molar-refractivity contribution is 0.0952. The second-order valence-corrected chi connectivity index (χ2v) is 5.72. The molecule has 1 aliphatic carbocycles. The number of amides is 1. The zero-order chi connectivity index (χ0) is 14.4. The highest BCUT2D eigenvalue weighted by Gasteiger charge is 2.20. The lowest BCUT2D eigenvalue weighted by atomic mass is 10.2. The average Bonchev–Trinajstić information content (AvgIpc) is 3.24. The fraction of sp³-hybridized carbons (Fsp3) is 0.600. The number of halogens is 1. The van der Waals surface area contributed by atoms with E-state index in [9.17, 15) is 4.79 Å². The molecule has 20 heavy (non-hydrogen) atoms. The van der Waals surface area contributed by atoms with Gasteiger partial charge in [-0.25, -0.2) is 4.98 Å². The van der Waals surface area contributed by atoms with Crippen molar-refractivity contribution in [3.05, 3.63) is 22.8 Å². The molecule has 1 aromatic rings. The van der Waals surface area contributed by atoms with Crippen LogP contribution in [0.2, 0.25) is 5.15 Å². The highest BCUT2D eigenvalue weighted by molar-refractivity contribution is 6.29. The Kier molecular flexibility index (Phi) is 5.65. The quantitative estimate of drug-likeness (QED) is 0.570. The lowest BCUT2D eigenvalue weighted by Crippen LogP contribution is -2.24. The van der Waals surface area contributed by atoms with Gasteiger partial charge in [-0.1, -0.05) is 31.4 Å². The van der Waals surface area contributed by atoms with Crippen molar-refractivity contribution in [2.45, 2.75) is 39.0 Å². The van der Waals surface area contributed by atoms with Gasteiger partial charge in [0.05, 0.1) is 0 Å². The third-order valence-electron chi connectivity index (χ3n) is 3.38. The summed E-state index contributed by atoms with van der Waals surface area (Å²) < 4.78 is 0. The first-order valence-corrected chi connectivity index (χ1v) is 7.76. The van der Waals surface area contributed by atoms with E-state index < -0.39 is 0 Å². The first kappa shape index (κ1) is 15.1. The Labute approximate surface area is 125 Å². The SMILES string of the molecule is CCCNc1cc(C(=O)NCCCC2CC2)cc(Cl)n1. The van der Waals surface area contributed by atoms with Gasteiger partial charge in [0.1, 0.15) is 11.0 Å². The van der Waals surface area contributed by atoms with Gasteiger partial charge in [-0.3, -0.25) is 4.79 Å². The van der Waals surface area contributed by atoms with Crippen molar-refractivity contribution in [1.29, 1.82) is 0 Å². The number of nitrogens with zero attached hydrogens (tertiary/aromatic N) is 1. The van der Waals surface area contributed by atoms with Crippen molar-refractivity contribution >= 4 is 23.3 Å². The Hall–Kier alpha value is -1.29. The van der Waals surface area contributed by atoms with Crippen LogP contribution in [0.1, 0.15) is 49.4 Å². The van der Waals surface area contributed by atoms with E-state index in [1.54, 1.807) is 12.1 Å². The summed E-state index contributed by atoms with van der Waals surface area (Å²) in [4.78, 5) is 16.2. The number of anilines is 1. The Morgan fingerprint density at radius 3 is 2.90 bits per heavy atom. The van der Waals surface area contributed by atoms with Gasteiger partial charge >= 0.3 is 0 Å². The van der Waals surface area contributed by atoms with Crippen LogP contribution in [0.25, 0.3) is 0 Å². The van der Waals surface area contributed by atoms with Crippen LogP contribution in [0.3, 0.4) is 0 Å². The smallest absolute Gasteiger partial charge is 0.251 e. The van der Waals surface area contributed by atoms with Gasteiger partial charge in [-0.15, -0.1) is 0 Å². The van der Waals surface area contributed by atoms with E-state index in [2.05, 4.69) is 22.5 Å². The molecule has 0 saturated heterocycles. The maximum atomic E-state index is 12.1. The van der Waals surface area contributed by atoms with E-state index in [-0.39, 0.29) is 5.91 Å². The normalized spacial score (nSPS) is 14.1. The second kappa shape index (κ2) is 7.48. The molecule has 0 unspecified atom stereocenters. The topological polar surface area (TPSA) is 54.0 Å². The molecule has 2 N–H and O–H groups in total. The predicted molar refractivity (Wildman–Crippen MR) is 82.3 cm³/mol. The number of hydrogen-bond acceptors (Lipinski definition) is 3. The summed E-state index contributed by atoms with van der Waals surface area (Å²) in [5.74, 6) is 1.49. The van der Waals surface area contributed by atoms with Gasteiger partial charge in [-0.05, 0) is 37.3 Å². The summed E-state index contributed by atoms with van der Waals surface area (Å²) in [7, 11) is 0. The molecular formula is C15H22ClN3O. The van der Waals surface area contributed by atoms with E-state index in [1.165, 1.54) is 19.3 Å². The molecule has 110 valence electrons. The molecule has 2 rings (SSSR count). The molecule has 0 aliphatic heterocycles. The molecule has 0 aromatic carbocycles. The minimum Gasteiger partial charge on any atom is -0.370 e. The number of carbonyl (C=O) groups is 1. The van der Waals surface area contributed by atoms with Crippen LogP contribution < -0.4 is 10.6 Å². The van der Waals surface area contributed by atoms with Crippen molar-refractivity contribution < 1.29 is 4.79 Å². The van der Waals surface area contributed by atoms with E-state index in [1.807, 2.05) is 0 Å². The monoisotopic (exact) mass is 295 g/mol. The number of hydrogen-bond donors (Lipinski definition) is 2. The molecule has 0 atom stereocenters. The highest BCUT2D eigenvalue weighted by Crippen LogP contribution is 2.33. The summed E-state index contributed by atoms with van der Waals surface area (Å²) in [6, 6.07) is 3.35. The van der Waals surface area contributed by atoms with E-state index in [0.717, 1.165) is 31.8 Å². The highest BCUT2D eigenvalue weighted by atomic mass is 35.5. The molecule has 0 radical (unpaired) electrons. The maximum absolute atomic E-state index is 12.1. The molecule has 4 nitrogen and oxygen atoms in total. The number of pyridine rings is 1. The third kappa shape index (κ3) is 5.00. The average molecular weight is 296 g/mol. The van der Waals surface area contributed by atoms with Crippen molar-refractivity contribution in [2.75, 3.05) is 18.4 Å². The molecular weight excluding hydrogens is 274 g/mol. The molecule has 0 spiro atoms. The predicted octanol–water partition coefficient (Wildman–Crippen LogP) is 3.48. The fourth-order valence-corrected chi connectivity index (χ4v) is 2.28. The number of carbonyl (C=O) groups excluding carboxylic acids is 1. The molecule has 1 aromatic heterocycles. The first-order valence-electron chi connectivity index (χ1n) is 7.38. The summed E-state index contributed by atoms with van der Waals surface area (Å²) in [6.45, 7) is 3.62. The lowest BCUT2D eigenvalue weighted by Gasteiger charge is -2.08. The molecule has 1 fully saturated rings. The summed E-state index contributed by atoms with van der Waals surface area (Å²) in [6.07, 6.45) is 5.99. The van der Waals surface area contributed by atoms with Crippen molar-refractivity contribution in [1.82, 2.24) is 10.3 Å².